The lowest BCUT2D eigenvalue weighted by Gasteiger charge is -2.17. The molecule has 88 valence electrons. The number of hydrogen-bond donors (Lipinski definition) is 0. The van der Waals surface area contributed by atoms with Crippen molar-refractivity contribution in [3.63, 3.8) is 0 Å². The minimum Gasteiger partial charge on any atom is -0.289 e. The molecule has 17 heavy (non-hydrogen) atoms. The maximum Gasteiger partial charge on any atom is 0.205 e. The smallest absolute Gasteiger partial charge is 0.205 e. The highest BCUT2D eigenvalue weighted by molar-refractivity contribution is 6.50. The largest absolute Gasteiger partial charge is 0.289 e. The lowest BCUT2D eigenvalue weighted by molar-refractivity contribution is 0.0978. The van der Waals surface area contributed by atoms with Crippen molar-refractivity contribution >= 4 is 34.8 Å². The average molecular weight is 269 g/mol. The van der Waals surface area contributed by atoms with Crippen LogP contribution in [0.2, 0.25) is 5.02 Å². The molecule has 2 nitrogen and oxygen atoms in total. The van der Waals surface area contributed by atoms with Crippen molar-refractivity contribution in [3.05, 3.63) is 45.0 Å². The Morgan fingerprint density at radius 2 is 1.76 bits per heavy atom. The van der Waals surface area contributed by atoms with E-state index < -0.39 is 0 Å². The van der Waals surface area contributed by atoms with E-state index >= 15 is 0 Å². The standard InChI is InChI=1S/C13H10Cl2O2/c1-2-3-9-11(15)13(17)8-5-4-7(14)6-10(8)12(9)16/h4-6H,2-3H2,1H3. The summed E-state index contributed by atoms with van der Waals surface area (Å²) in [6.45, 7) is 1.93. The monoisotopic (exact) mass is 268 g/mol. The highest BCUT2D eigenvalue weighted by atomic mass is 35.5. The molecule has 0 saturated carbocycles. The molecule has 1 aliphatic carbocycles. The molecule has 2 rings (SSSR count). The second kappa shape index (κ2) is 4.63. The van der Waals surface area contributed by atoms with E-state index in [-0.39, 0.29) is 16.6 Å². The SMILES string of the molecule is CCCC1=C(Cl)C(=O)c2ccc(Cl)cc2C1=O. The van der Waals surface area contributed by atoms with Crippen LogP contribution in [0.15, 0.2) is 28.8 Å². The second-order valence-electron chi connectivity index (χ2n) is 3.89. The fraction of sp³-hybridized carbons (Fsp3) is 0.231. The van der Waals surface area contributed by atoms with E-state index in [0.717, 1.165) is 6.42 Å². The van der Waals surface area contributed by atoms with E-state index in [0.29, 0.717) is 28.1 Å². The first-order valence-corrected chi connectivity index (χ1v) is 6.09. The first-order valence-electron chi connectivity index (χ1n) is 5.33. The highest BCUT2D eigenvalue weighted by Gasteiger charge is 2.30. The van der Waals surface area contributed by atoms with Gasteiger partial charge in [-0.15, -0.1) is 0 Å². The molecule has 0 aromatic heterocycles. The summed E-state index contributed by atoms with van der Waals surface area (Å²) in [7, 11) is 0. The maximum absolute atomic E-state index is 12.2. The van der Waals surface area contributed by atoms with E-state index in [1.54, 1.807) is 12.1 Å². The van der Waals surface area contributed by atoms with Crippen molar-refractivity contribution < 1.29 is 9.59 Å². The molecule has 0 N–H and O–H groups in total. The van der Waals surface area contributed by atoms with Gasteiger partial charge in [-0.3, -0.25) is 9.59 Å². The van der Waals surface area contributed by atoms with Crippen molar-refractivity contribution in [2.45, 2.75) is 19.8 Å². The third-order valence-corrected chi connectivity index (χ3v) is 3.34. The lowest BCUT2D eigenvalue weighted by Crippen LogP contribution is -2.19. The van der Waals surface area contributed by atoms with E-state index in [1.807, 2.05) is 6.92 Å². The molecule has 0 radical (unpaired) electrons. The van der Waals surface area contributed by atoms with Crippen molar-refractivity contribution in [1.29, 1.82) is 0 Å². The minimum atomic E-state index is -0.290. The van der Waals surface area contributed by atoms with Crippen LogP contribution in [-0.2, 0) is 0 Å². The number of carbonyl (C=O) groups excluding carboxylic acids is 2. The van der Waals surface area contributed by atoms with Gasteiger partial charge in [0, 0.05) is 21.7 Å². The zero-order valence-corrected chi connectivity index (χ0v) is 10.7. The van der Waals surface area contributed by atoms with Gasteiger partial charge >= 0.3 is 0 Å². The predicted molar refractivity (Wildman–Crippen MR) is 67.9 cm³/mol. The minimum absolute atomic E-state index is 0.0478. The zero-order chi connectivity index (χ0) is 12.6. The topological polar surface area (TPSA) is 34.1 Å². The van der Waals surface area contributed by atoms with Gasteiger partial charge in [0.15, 0.2) is 5.78 Å². The molecular weight excluding hydrogens is 259 g/mol. The molecular formula is C13H10Cl2O2. The third-order valence-electron chi connectivity index (χ3n) is 2.71. The Labute approximate surface area is 109 Å². The number of allylic oxidation sites excluding steroid dienone is 2. The van der Waals surface area contributed by atoms with Gasteiger partial charge in [-0.1, -0.05) is 36.5 Å². The molecule has 0 fully saturated rings. The third kappa shape index (κ3) is 2.03. The molecule has 0 saturated heterocycles. The number of fused-ring (bicyclic) bond motifs is 1. The van der Waals surface area contributed by atoms with Crippen LogP contribution in [-0.4, -0.2) is 11.6 Å². The van der Waals surface area contributed by atoms with Crippen molar-refractivity contribution in [2.75, 3.05) is 0 Å². The number of Topliss-reactive ketones (excluding diaryl/α,β-unsaturated/α-hetero) is 2. The summed E-state index contributed by atoms with van der Waals surface area (Å²) in [5.74, 6) is -0.477. The van der Waals surface area contributed by atoms with Crippen LogP contribution in [0.3, 0.4) is 0 Å². The van der Waals surface area contributed by atoms with E-state index in [1.165, 1.54) is 6.07 Å². The first kappa shape index (κ1) is 12.3. The highest BCUT2D eigenvalue weighted by Crippen LogP contribution is 2.32. The summed E-state index contributed by atoms with van der Waals surface area (Å²) in [5, 5.41) is 0.491. The van der Waals surface area contributed by atoms with Crippen LogP contribution in [0.4, 0.5) is 0 Å². The normalized spacial score (nSPS) is 15.2. The zero-order valence-electron chi connectivity index (χ0n) is 9.22. The Kier molecular flexibility index (Phi) is 3.36. The summed E-state index contributed by atoms with van der Waals surface area (Å²) < 4.78 is 0. The van der Waals surface area contributed by atoms with Crippen LogP contribution in [0.5, 0.6) is 0 Å². The summed E-state index contributed by atoms with van der Waals surface area (Å²) in [4.78, 5) is 24.1. The van der Waals surface area contributed by atoms with Gasteiger partial charge in [-0.2, -0.15) is 0 Å². The molecule has 0 atom stereocenters. The van der Waals surface area contributed by atoms with Gasteiger partial charge in [-0.05, 0) is 24.6 Å². The Balaban J connectivity index is 2.61. The number of carbonyl (C=O) groups is 2. The van der Waals surface area contributed by atoms with Gasteiger partial charge in [0.1, 0.15) is 0 Å². The van der Waals surface area contributed by atoms with Crippen LogP contribution in [0, 0.1) is 0 Å². The number of halogens is 2. The van der Waals surface area contributed by atoms with E-state index in [9.17, 15) is 9.59 Å². The molecule has 0 amide bonds. The van der Waals surface area contributed by atoms with Gasteiger partial charge in [0.05, 0.1) is 5.03 Å². The predicted octanol–water partition coefficient (Wildman–Crippen LogP) is 4.01. The second-order valence-corrected chi connectivity index (χ2v) is 4.71. The fourth-order valence-electron chi connectivity index (χ4n) is 1.89. The molecule has 0 spiro atoms. The number of benzene rings is 1. The number of hydrogen-bond acceptors (Lipinski definition) is 2. The Hall–Kier alpha value is -1.12. The van der Waals surface area contributed by atoms with Crippen molar-refractivity contribution in [2.24, 2.45) is 0 Å². The molecule has 0 heterocycles. The fourth-order valence-corrected chi connectivity index (χ4v) is 2.35. The molecule has 1 aromatic carbocycles. The van der Waals surface area contributed by atoms with Crippen LogP contribution >= 0.6 is 23.2 Å². The Morgan fingerprint density at radius 1 is 1.06 bits per heavy atom. The molecule has 1 aromatic rings. The summed E-state index contributed by atoms with van der Waals surface area (Å²) in [6.07, 6.45) is 1.27. The molecule has 0 aliphatic heterocycles. The van der Waals surface area contributed by atoms with Gasteiger partial charge in [0.2, 0.25) is 5.78 Å². The molecule has 0 unspecified atom stereocenters. The number of rotatable bonds is 2. The molecule has 4 heteroatoms. The maximum atomic E-state index is 12.2. The van der Waals surface area contributed by atoms with Crippen LogP contribution < -0.4 is 0 Å². The summed E-state index contributed by atoms with van der Waals surface area (Å²) in [5.41, 5.74) is 1.09. The molecule has 0 bridgehead atoms. The summed E-state index contributed by atoms with van der Waals surface area (Å²) >= 11 is 11.8. The lowest BCUT2D eigenvalue weighted by atomic mass is 9.87. The van der Waals surface area contributed by atoms with Crippen molar-refractivity contribution in [1.82, 2.24) is 0 Å². The Morgan fingerprint density at radius 3 is 2.41 bits per heavy atom. The van der Waals surface area contributed by atoms with Crippen molar-refractivity contribution in [3.8, 4) is 0 Å². The van der Waals surface area contributed by atoms with Crippen LogP contribution in [0.1, 0.15) is 40.5 Å². The quantitative estimate of drug-likeness (QED) is 0.812. The van der Waals surface area contributed by atoms with E-state index in [2.05, 4.69) is 0 Å². The van der Waals surface area contributed by atoms with Crippen LogP contribution in [0.25, 0.3) is 0 Å². The first-order chi connectivity index (χ1) is 8.06. The van der Waals surface area contributed by atoms with Gasteiger partial charge in [-0.25, -0.2) is 0 Å². The van der Waals surface area contributed by atoms with Gasteiger partial charge < -0.3 is 0 Å². The average Bonchev–Trinajstić information content (AvgIpc) is 2.32. The van der Waals surface area contributed by atoms with E-state index in [4.69, 9.17) is 23.2 Å². The molecule has 1 aliphatic rings. The number of ketones is 2. The van der Waals surface area contributed by atoms with Gasteiger partial charge in [0.25, 0.3) is 0 Å². The Bertz CT molecular complexity index is 544. The summed E-state index contributed by atoms with van der Waals surface area (Å²) in [6, 6.07) is 4.65.